The van der Waals surface area contributed by atoms with Crippen molar-refractivity contribution in [2.75, 3.05) is 48.8 Å². The van der Waals surface area contributed by atoms with Crippen molar-refractivity contribution < 1.29 is 9.53 Å². The second-order valence-electron chi connectivity index (χ2n) is 7.88. The first-order chi connectivity index (χ1) is 16.2. The average Bonchev–Trinajstić information content (AvgIpc) is 2.86. The van der Waals surface area contributed by atoms with Crippen molar-refractivity contribution in [2.24, 2.45) is 5.73 Å². The number of hydrogen-bond donors (Lipinski definition) is 3. The van der Waals surface area contributed by atoms with E-state index < -0.39 is 5.91 Å². The quantitative estimate of drug-likeness (QED) is 0.449. The third kappa shape index (κ3) is 5.63. The summed E-state index contributed by atoms with van der Waals surface area (Å²) < 4.78 is 5.43. The highest BCUT2D eigenvalue weighted by atomic mass is 16.5. The summed E-state index contributed by atoms with van der Waals surface area (Å²) in [5.41, 5.74) is 15.8. The van der Waals surface area contributed by atoms with E-state index in [4.69, 9.17) is 16.2 Å². The molecule has 1 amide bonds. The number of aromatic nitrogens is 3. The molecule has 33 heavy (non-hydrogen) atoms. The van der Waals surface area contributed by atoms with Crippen LogP contribution in [0, 0.1) is 0 Å². The van der Waals surface area contributed by atoms with Crippen LogP contribution in [0.1, 0.15) is 28.9 Å². The van der Waals surface area contributed by atoms with Crippen LogP contribution in [0.25, 0.3) is 11.3 Å². The Kier molecular flexibility index (Phi) is 7.43. The molecule has 5 N–H and O–H groups in total. The first-order valence-electron chi connectivity index (χ1n) is 11.2. The van der Waals surface area contributed by atoms with Gasteiger partial charge in [-0.15, -0.1) is 0 Å². The highest BCUT2D eigenvalue weighted by Gasteiger charge is 2.19. The molecule has 9 heteroatoms. The van der Waals surface area contributed by atoms with Crippen molar-refractivity contribution in [3.05, 3.63) is 60.2 Å². The van der Waals surface area contributed by atoms with Gasteiger partial charge in [0, 0.05) is 24.8 Å². The number of ether oxygens (including phenoxy) is 1. The zero-order valence-electron chi connectivity index (χ0n) is 18.5. The lowest BCUT2D eigenvalue weighted by Crippen LogP contribution is -2.36. The van der Waals surface area contributed by atoms with Crippen LogP contribution in [0.2, 0.25) is 0 Å². The van der Waals surface area contributed by atoms with Crippen LogP contribution >= 0.6 is 0 Å². The van der Waals surface area contributed by atoms with Gasteiger partial charge in [-0.2, -0.15) is 0 Å². The van der Waals surface area contributed by atoms with Crippen LogP contribution in [0.15, 0.2) is 48.9 Å². The van der Waals surface area contributed by atoms with Gasteiger partial charge in [0.05, 0.1) is 42.7 Å². The van der Waals surface area contributed by atoms with E-state index in [1.807, 2.05) is 18.2 Å². The molecule has 4 rings (SSSR count). The molecule has 9 nitrogen and oxygen atoms in total. The minimum Gasteiger partial charge on any atom is -0.382 e. The number of hydrogen-bond acceptors (Lipinski definition) is 8. The van der Waals surface area contributed by atoms with Crippen molar-refractivity contribution in [1.29, 1.82) is 0 Å². The second kappa shape index (κ2) is 10.8. The van der Waals surface area contributed by atoms with Crippen molar-refractivity contribution in [3.63, 3.8) is 0 Å². The summed E-state index contributed by atoms with van der Waals surface area (Å²) in [6.07, 6.45) is 7.96. The Morgan fingerprint density at radius 2 is 1.88 bits per heavy atom. The number of nitrogens with two attached hydrogens (primary N) is 2. The number of unbranched alkanes of at least 4 members (excludes halogenated alkanes) is 1. The molecule has 0 spiro atoms. The maximum Gasteiger partial charge on any atom is 0.278 e. The van der Waals surface area contributed by atoms with E-state index in [0.717, 1.165) is 43.6 Å². The van der Waals surface area contributed by atoms with Gasteiger partial charge in [-0.1, -0.05) is 24.3 Å². The van der Waals surface area contributed by atoms with Crippen LogP contribution in [0.3, 0.4) is 0 Å². The van der Waals surface area contributed by atoms with Gasteiger partial charge in [-0.05, 0) is 37.4 Å². The maximum atomic E-state index is 13.1. The Hall–Kier alpha value is -3.56. The number of nitrogen functional groups attached to an aromatic ring is 1. The van der Waals surface area contributed by atoms with Crippen LogP contribution in [0.5, 0.6) is 0 Å². The Labute approximate surface area is 193 Å². The summed E-state index contributed by atoms with van der Waals surface area (Å²) in [6, 6.07) is 9.97. The molecule has 1 aliphatic heterocycles. The summed E-state index contributed by atoms with van der Waals surface area (Å²) in [7, 11) is 0. The van der Waals surface area contributed by atoms with E-state index in [-0.39, 0.29) is 11.5 Å². The third-order valence-electron chi connectivity index (χ3n) is 5.58. The maximum absolute atomic E-state index is 13.1. The fourth-order valence-corrected chi connectivity index (χ4v) is 3.77. The molecule has 1 fully saturated rings. The standard InChI is InChI=1S/C24H29N7O2/c25-9-2-1-3-17-4-6-18(7-5-17)19-16-28-23(26)22(29-19)24(32)30-20-15-27-10-8-21(20)31-11-13-33-14-12-31/h4-8,10,15-16H,1-3,9,11-14,25H2,(H2,26,28)(H,30,32). The summed E-state index contributed by atoms with van der Waals surface area (Å²) in [5.74, 6) is -0.353. The molecular formula is C24H29N7O2. The molecule has 0 radical (unpaired) electrons. The monoisotopic (exact) mass is 447 g/mol. The Morgan fingerprint density at radius 1 is 1.09 bits per heavy atom. The summed E-state index contributed by atoms with van der Waals surface area (Å²) in [5, 5.41) is 2.90. The molecule has 2 aromatic heterocycles. The fraction of sp³-hybridized carbons (Fsp3) is 0.333. The van der Waals surface area contributed by atoms with Gasteiger partial charge in [0.25, 0.3) is 5.91 Å². The number of carbonyl (C=O) groups is 1. The van der Waals surface area contributed by atoms with Crippen LogP contribution in [-0.2, 0) is 11.2 Å². The number of benzene rings is 1. The number of pyridine rings is 1. The predicted octanol–water partition coefficient (Wildman–Crippen LogP) is 2.49. The zero-order valence-corrected chi connectivity index (χ0v) is 18.5. The van der Waals surface area contributed by atoms with E-state index in [2.05, 4.69) is 37.3 Å². The molecular weight excluding hydrogens is 418 g/mol. The van der Waals surface area contributed by atoms with Crippen LogP contribution < -0.4 is 21.7 Å². The van der Waals surface area contributed by atoms with E-state index >= 15 is 0 Å². The van der Waals surface area contributed by atoms with Gasteiger partial charge in [0.15, 0.2) is 11.5 Å². The number of anilines is 3. The van der Waals surface area contributed by atoms with Crippen molar-refractivity contribution >= 4 is 23.1 Å². The molecule has 3 aromatic rings. The molecule has 1 saturated heterocycles. The van der Waals surface area contributed by atoms with Crippen LogP contribution in [0.4, 0.5) is 17.2 Å². The molecule has 1 aliphatic rings. The molecule has 3 heterocycles. The number of nitrogens with zero attached hydrogens (tertiary/aromatic N) is 4. The smallest absolute Gasteiger partial charge is 0.278 e. The minimum absolute atomic E-state index is 0.0754. The largest absolute Gasteiger partial charge is 0.382 e. The Balaban J connectivity index is 1.52. The van der Waals surface area contributed by atoms with Gasteiger partial charge in [0.1, 0.15) is 0 Å². The highest BCUT2D eigenvalue weighted by molar-refractivity contribution is 6.07. The highest BCUT2D eigenvalue weighted by Crippen LogP contribution is 2.27. The van der Waals surface area contributed by atoms with Gasteiger partial charge >= 0.3 is 0 Å². The van der Waals surface area contributed by atoms with E-state index in [9.17, 15) is 4.79 Å². The first kappa shape index (κ1) is 22.6. The van der Waals surface area contributed by atoms with Gasteiger partial charge in [0.2, 0.25) is 0 Å². The number of amides is 1. The number of nitrogens with one attached hydrogen (secondary N) is 1. The van der Waals surface area contributed by atoms with Crippen LogP contribution in [-0.4, -0.2) is 53.7 Å². The van der Waals surface area contributed by atoms with E-state index in [1.54, 1.807) is 18.6 Å². The van der Waals surface area contributed by atoms with Crippen molar-refractivity contribution in [3.8, 4) is 11.3 Å². The molecule has 0 aliphatic carbocycles. The molecule has 0 unspecified atom stereocenters. The molecule has 0 saturated carbocycles. The molecule has 172 valence electrons. The van der Waals surface area contributed by atoms with Crippen molar-refractivity contribution in [1.82, 2.24) is 15.0 Å². The second-order valence-corrected chi connectivity index (χ2v) is 7.88. The molecule has 0 bridgehead atoms. The van der Waals surface area contributed by atoms with Crippen molar-refractivity contribution in [2.45, 2.75) is 19.3 Å². The number of carbonyl (C=O) groups excluding carboxylic acids is 1. The summed E-state index contributed by atoms with van der Waals surface area (Å²) in [6.45, 7) is 3.47. The number of aryl methyl sites for hydroxylation is 1. The summed E-state index contributed by atoms with van der Waals surface area (Å²) >= 11 is 0. The molecule has 0 atom stereocenters. The Bertz CT molecular complexity index is 1080. The van der Waals surface area contributed by atoms with Gasteiger partial charge in [-0.25, -0.2) is 9.97 Å². The lowest BCUT2D eigenvalue weighted by Gasteiger charge is -2.30. The summed E-state index contributed by atoms with van der Waals surface area (Å²) in [4.78, 5) is 28.1. The lowest BCUT2D eigenvalue weighted by atomic mass is 10.0. The normalized spacial score (nSPS) is 13.7. The first-order valence-corrected chi connectivity index (χ1v) is 11.2. The van der Waals surface area contributed by atoms with Gasteiger partial charge in [-0.3, -0.25) is 9.78 Å². The molecule has 1 aromatic carbocycles. The average molecular weight is 448 g/mol. The van der Waals surface area contributed by atoms with E-state index in [1.165, 1.54) is 5.56 Å². The minimum atomic E-state index is -0.428. The number of rotatable bonds is 8. The van der Waals surface area contributed by atoms with Gasteiger partial charge < -0.3 is 26.4 Å². The zero-order chi connectivity index (χ0) is 23.0. The SMILES string of the molecule is NCCCCc1ccc(-c2cnc(N)c(C(=O)Nc3cnccc3N3CCOCC3)n2)cc1. The number of morpholine rings is 1. The lowest BCUT2D eigenvalue weighted by molar-refractivity contribution is 0.102. The third-order valence-corrected chi connectivity index (χ3v) is 5.58. The fourth-order valence-electron chi connectivity index (χ4n) is 3.77. The van der Waals surface area contributed by atoms with E-state index in [0.29, 0.717) is 31.1 Å². The Morgan fingerprint density at radius 3 is 2.64 bits per heavy atom. The predicted molar refractivity (Wildman–Crippen MR) is 129 cm³/mol. The topological polar surface area (TPSA) is 132 Å².